The lowest BCUT2D eigenvalue weighted by Gasteiger charge is -2.12. The van der Waals surface area contributed by atoms with Gasteiger partial charge in [0, 0.05) is 17.7 Å². The summed E-state index contributed by atoms with van der Waals surface area (Å²) in [7, 11) is -3.79. The molecule has 134 valence electrons. The van der Waals surface area contributed by atoms with Crippen molar-refractivity contribution in [1.82, 2.24) is 5.16 Å². The molecule has 4 rings (SSSR count). The number of nitrogens with one attached hydrogen (secondary N) is 1. The molecule has 0 bridgehead atoms. The maximum absolute atomic E-state index is 12.9. The van der Waals surface area contributed by atoms with Crippen LogP contribution in [0.5, 0.6) is 11.5 Å². The van der Waals surface area contributed by atoms with E-state index in [9.17, 15) is 8.42 Å². The minimum Gasteiger partial charge on any atom is -0.454 e. The summed E-state index contributed by atoms with van der Waals surface area (Å²) in [6.07, 6.45) is 0. The summed E-state index contributed by atoms with van der Waals surface area (Å²) in [4.78, 5) is 0.168. The highest BCUT2D eigenvalue weighted by Crippen LogP contribution is 2.35. The predicted molar refractivity (Wildman–Crippen MR) is 94.8 cm³/mol. The molecular weight excluding hydrogens is 356 g/mol. The lowest BCUT2D eigenvalue weighted by molar-refractivity contribution is 0.174. The fourth-order valence-electron chi connectivity index (χ4n) is 2.71. The molecule has 2 aromatic carbocycles. The van der Waals surface area contributed by atoms with E-state index in [0.29, 0.717) is 34.1 Å². The zero-order valence-corrected chi connectivity index (χ0v) is 15.0. The van der Waals surface area contributed by atoms with Gasteiger partial charge in [-0.25, -0.2) is 8.42 Å². The molecule has 7 nitrogen and oxygen atoms in total. The predicted octanol–water partition coefficient (Wildman–Crippen LogP) is 3.49. The molecule has 0 saturated carbocycles. The van der Waals surface area contributed by atoms with Crippen molar-refractivity contribution in [3.8, 4) is 22.8 Å². The summed E-state index contributed by atoms with van der Waals surface area (Å²) in [6, 6.07) is 11.8. The molecule has 1 N–H and O–H groups in total. The summed E-state index contributed by atoms with van der Waals surface area (Å²) in [6.45, 7) is 3.67. The standard InChI is InChI=1S/C18H16N2O5S/c1-11-3-4-13(16-7-12(2)19-25-16)8-18(11)26(21,22)20-14-5-6-15-17(9-14)24-10-23-15/h3-9,20H,10H2,1-2H3. The minimum absolute atomic E-state index is 0.128. The molecule has 0 amide bonds. The topological polar surface area (TPSA) is 90.7 Å². The van der Waals surface area contributed by atoms with Crippen LogP contribution in [0.15, 0.2) is 51.9 Å². The van der Waals surface area contributed by atoms with E-state index >= 15 is 0 Å². The van der Waals surface area contributed by atoms with Crippen molar-refractivity contribution in [1.29, 1.82) is 0 Å². The number of sulfonamides is 1. The number of aromatic nitrogens is 1. The molecular formula is C18H16N2O5S. The first kappa shape index (κ1) is 16.5. The smallest absolute Gasteiger partial charge is 0.262 e. The van der Waals surface area contributed by atoms with Gasteiger partial charge in [-0.2, -0.15) is 0 Å². The van der Waals surface area contributed by atoms with Crippen LogP contribution < -0.4 is 14.2 Å². The van der Waals surface area contributed by atoms with Gasteiger partial charge in [0.25, 0.3) is 10.0 Å². The Kier molecular flexibility index (Phi) is 3.84. The lowest BCUT2D eigenvalue weighted by atomic mass is 10.1. The molecule has 0 fully saturated rings. The Balaban J connectivity index is 1.69. The summed E-state index contributed by atoms with van der Waals surface area (Å²) >= 11 is 0. The van der Waals surface area contributed by atoms with Crippen molar-refractivity contribution in [2.75, 3.05) is 11.5 Å². The van der Waals surface area contributed by atoms with Gasteiger partial charge in [0.1, 0.15) is 0 Å². The summed E-state index contributed by atoms with van der Waals surface area (Å²) < 4.78 is 44.1. The number of rotatable bonds is 4. The van der Waals surface area contributed by atoms with E-state index in [1.165, 1.54) is 0 Å². The molecule has 1 aliphatic heterocycles. The van der Waals surface area contributed by atoms with Gasteiger partial charge in [-0.3, -0.25) is 4.72 Å². The normalized spacial score (nSPS) is 13.0. The summed E-state index contributed by atoms with van der Waals surface area (Å²) in [5, 5.41) is 3.84. The first-order chi connectivity index (χ1) is 12.4. The Morgan fingerprint density at radius 3 is 2.58 bits per heavy atom. The molecule has 0 spiro atoms. The van der Waals surface area contributed by atoms with Gasteiger partial charge in [-0.15, -0.1) is 0 Å². The molecule has 0 atom stereocenters. The Hall–Kier alpha value is -3.00. The highest BCUT2D eigenvalue weighted by Gasteiger charge is 2.21. The molecule has 0 saturated heterocycles. The van der Waals surface area contributed by atoms with Crippen LogP contribution in [0.4, 0.5) is 5.69 Å². The summed E-state index contributed by atoms with van der Waals surface area (Å²) in [5.41, 5.74) is 2.39. The second-order valence-electron chi connectivity index (χ2n) is 5.99. The van der Waals surface area contributed by atoms with Crippen LogP contribution >= 0.6 is 0 Å². The van der Waals surface area contributed by atoms with Crippen LogP contribution in [0.1, 0.15) is 11.3 Å². The number of hydrogen-bond donors (Lipinski definition) is 1. The van der Waals surface area contributed by atoms with Gasteiger partial charge in [-0.05, 0) is 37.6 Å². The van der Waals surface area contributed by atoms with E-state index in [-0.39, 0.29) is 11.7 Å². The third-order valence-corrected chi connectivity index (χ3v) is 5.54. The van der Waals surface area contributed by atoms with Crippen molar-refractivity contribution >= 4 is 15.7 Å². The van der Waals surface area contributed by atoms with Gasteiger partial charge in [0.2, 0.25) is 6.79 Å². The van der Waals surface area contributed by atoms with Gasteiger partial charge in [0.15, 0.2) is 17.3 Å². The van der Waals surface area contributed by atoms with Crippen molar-refractivity contribution < 1.29 is 22.4 Å². The number of fused-ring (bicyclic) bond motifs is 1. The molecule has 0 radical (unpaired) electrons. The van der Waals surface area contributed by atoms with Crippen LogP contribution in [0.25, 0.3) is 11.3 Å². The fourth-order valence-corrected chi connectivity index (χ4v) is 4.03. The van der Waals surface area contributed by atoms with Crippen LogP contribution in [0, 0.1) is 13.8 Å². The molecule has 0 aliphatic carbocycles. The molecule has 2 heterocycles. The minimum atomic E-state index is -3.79. The van der Waals surface area contributed by atoms with Crippen LogP contribution in [-0.4, -0.2) is 20.4 Å². The first-order valence-electron chi connectivity index (χ1n) is 7.89. The molecule has 26 heavy (non-hydrogen) atoms. The van der Waals surface area contributed by atoms with Crippen molar-refractivity contribution in [2.24, 2.45) is 0 Å². The average molecular weight is 372 g/mol. The number of hydrogen-bond acceptors (Lipinski definition) is 6. The Morgan fingerprint density at radius 2 is 1.81 bits per heavy atom. The van der Waals surface area contributed by atoms with E-state index in [2.05, 4.69) is 9.88 Å². The van der Waals surface area contributed by atoms with Gasteiger partial charge < -0.3 is 14.0 Å². The molecule has 0 unspecified atom stereocenters. The van der Waals surface area contributed by atoms with E-state index in [1.807, 2.05) is 0 Å². The monoisotopic (exact) mass is 372 g/mol. The highest BCUT2D eigenvalue weighted by atomic mass is 32.2. The Morgan fingerprint density at radius 1 is 1.00 bits per heavy atom. The van der Waals surface area contributed by atoms with Gasteiger partial charge in [-0.1, -0.05) is 17.3 Å². The third-order valence-electron chi connectivity index (χ3n) is 4.01. The van der Waals surface area contributed by atoms with Crippen LogP contribution in [-0.2, 0) is 10.0 Å². The maximum atomic E-state index is 12.9. The molecule has 8 heteroatoms. The van der Waals surface area contributed by atoms with E-state index in [1.54, 1.807) is 56.3 Å². The third kappa shape index (κ3) is 2.99. The number of anilines is 1. The number of benzene rings is 2. The van der Waals surface area contributed by atoms with Crippen LogP contribution in [0.3, 0.4) is 0 Å². The number of nitrogens with zero attached hydrogens (tertiary/aromatic N) is 1. The number of aryl methyl sites for hydroxylation is 2. The Bertz CT molecular complexity index is 1090. The quantitative estimate of drug-likeness (QED) is 0.754. The van der Waals surface area contributed by atoms with E-state index < -0.39 is 10.0 Å². The van der Waals surface area contributed by atoms with Gasteiger partial charge >= 0.3 is 0 Å². The van der Waals surface area contributed by atoms with Crippen LogP contribution in [0.2, 0.25) is 0 Å². The second-order valence-corrected chi connectivity index (χ2v) is 7.64. The lowest BCUT2D eigenvalue weighted by Crippen LogP contribution is -2.14. The zero-order valence-electron chi connectivity index (χ0n) is 14.1. The summed E-state index contributed by atoms with van der Waals surface area (Å²) in [5.74, 6) is 1.61. The van der Waals surface area contributed by atoms with Crippen molar-refractivity contribution in [2.45, 2.75) is 18.7 Å². The van der Waals surface area contributed by atoms with E-state index in [0.717, 1.165) is 5.69 Å². The second kappa shape index (κ2) is 6.06. The largest absolute Gasteiger partial charge is 0.454 e. The maximum Gasteiger partial charge on any atom is 0.262 e. The highest BCUT2D eigenvalue weighted by molar-refractivity contribution is 7.92. The Labute approximate surface area is 150 Å². The van der Waals surface area contributed by atoms with Crippen molar-refractivity contribution in [3.63, 3.8) is 0 Å². The van der Waals surface area contributed by atoms with Crippen molar-refractivity contribution in [3.05, 3.63) is 53.7 Å². The SMILES string of the molecule is Cc1cc(-c2ccc(C)c(S(=O)(=O)Nc3ccc4c(c3)OCO4)c2)on1. The molecule has 3 aromatic rings. The molecule has 1 aromatic heterocycles. The first-order valence-corrected chi connectivity index (χ1v) is 9.37. The average Bonchev–Trinajstić information content (AvgIpc) is 3.23. The van der Waals surface area contributed by atoms with Gasteiger partial charge in [0.05, 0.1) is 16.3 Å². The number of ether oxygens (including phenoxy) is 2. The zero-order chi connectivity index (χ0) is 18.3. The molecule has 1 aliphatic rings. The fraction of sp³-hybridized carbons (Fsp3) is 0.167. The van der Waals surface area contributed by atoms with E-state index in [4.69, 9.17) is 14.0 Å².